The Labute approximate surface area is 95.1 Å². The molecular weight excluding hydrogens is 204 g/mol. The SMILES string of the molecule is C=CCCNC(=O)COc1ccc(N)cc1. The normalized spacial score (nSPS) is 9.50. The quantitative estimate of drug-likeness (QED) is 0.432. The Bertz CT molecular complexity index is 347. The molecule has 0 spiro atoms. The van der Waals surface area contributed by atoms with Crippen molar-refractivity contribution in [3.05, 3.63) is 36.9 Å². The molecule has 86 valence electrons. The fourth-order valence-corrected chi connectivity index (χ4v) is 1.08. The molecule has 1 aromatic rings. The highest BCUT2D eigenvalue weighted by Gasteiger charge is 2.00. The number of benzene rings is 1. The van der Waals surface area contributed by atoms with E-state index in [9.17, 15) is 4.79 Å². The summed E-state index contributed by atoms with van der Waals surface area (Å²) < 4.78 is 5.26. The van der Waals surface area contributed by atoms with Gasteiger partial charge in [-0.25, -0.2) is 0 Å². The topological polar surface area (TPSA) is 64.3 Å². The third-order valence-corrected chi connectivity index (χ3v) is 1.92. The van der Waals surface area contributed by atoms with Crippen molar-refractivity contribution in [2.75, 3.05) is 18.9 Å². The smallest absolute Gasteiger partial charge is 0.257 e. The van der Waals surface area contributed by atoms with E-state index < -0.39 is 0 Å². The van der Waals surface area contributed by atoms with Crippen molar-refractivity contribution in [1.82, 2.24) is 5.32 Å². The van der Waals surface area contributed by atoms with E-state index in [1.807, 2.05) is 0 Å². The van der Waals surface area contributed by atoms with Crippen molar-refractivity contribution < 1.29 is 9.53 Å². The maximum atomic E-state index is 11.3. The zero-order valence-corrected chi connectivity index (χ0v) is 9.11. The molecule has 0 unspecified atom stereocenters. The van der Waals surface area contributed by atoms with Gasteiger partial charge in [-0.3, -0.25) is 4.79 Å². The third-order valence-electron chi connectivity index (χ3n) is 1.92. The van der Waals surface area contributed by atoms with Gasteiger partial charge in [0.15, 0.2) is 6.61 Å². The Balaban J connectivity index is 2.26. The van der Waals surface area contributed by atoms with Gasteiger partial charge in [-0.2, -0.15) is 0 Å². The lowest BCUT2D eigenvalue weighted by Gasteiger charge is -2.06. The van der Waals surface area contributed by atoms with E-state index >= 15 is 0 Å². The Morgan fingerprint density at radius 3 is 2.75 bits per heavy atom. The molecule has 0 aliphatic heterocycles. The number of nitrogens with two attached hydrogens (primary N) is 1. The Morgan fingerprint density at radius 1 is 1.44 bits per heavy atom. The van der Waals surface area contributed by atoms with E-state index in [1.165, 1.54) is 0 Å². The summed E-state index contributed by atoms with van der Waals surface area (Å²) in [4.78, 5) is 11.3. The van der Waals surface area contributed by atoms with Gasteiger partial charge in [0.2, 0.25) is 0 Å². The first-order chi connectivity index (χ1) is 7.72. The molecule has 0 atom stereocenters. The van der Waals surface area contributed by atoms with E-state index in [4.69, 9.17) is 10.5 Å². The van der Waals surface area contributed by atoms with Crippen molar-refractivity contribution in [3.63, 3.8) is 0 Å². The fraction of sp³-hybridized carbons (Fsp3) is 0.250. The summed E-state index contributed by atoms with van der Waals surface area (Å²) in [7, 11) is 0. The molecule has 1 aromatic carbocycles. The van der Waals surface area contributed by atoms with Crippen LogP contribution in [0.15, 0.2) is 36.9 Å². The van der Waals surface area contributed by atoms with Gasteiger partial charge in [-0.1, -0.05) is 6.08 Å². The van der Waals surface area contributed by atoms with Crippen LogP contribution in [0.4, 0.5) is 5.69 Å². The highest BCUT2D eigenvalue weighted by molar-refractivity contribution is 5.77. The van der Waals surface area contributed by atoms with Crippen molar-refractivity contribution in [2.24, 2.45) is 0 Å². The van der Waals surface area contributed by atoms with E-state index in [0.29, 0.717) is 18.0 Å². The second kappa shape index (κ2) is 6.50. The minimum Gasteiger partial charge on any atom is -0.484 e. The van der Waals surface area contributed by atoms with Crippen LogP contribution in [0.2, 0.25) is 0 Å². The van der Waals surface area contributed by atoms with Gasteiger partial charge < -0.3 is 15.8 Å². The predicted molar refractivity (Wildman–Crippen MR) is 64.2 cm³/mol. The van der Waals surface area contributed by atoms with Crippen molar-refractivity contribution in [1.29, 1.82) is 0 Å². The Hall–Kier alpha value is -1.97. The molecule has 4 nitrogen and oxygen atoms in total. The van der Waals surface area contributed by atoms with E-state index in [2.05, 4.69) is 11.9 Å². The average molecular weight is 220 g/mol. The first kappa shape index (κ1) is 12.1. The van der Waals surface area contributed by atoms with Crippen LogP contribution in [0.3, 0.4) is 0 Å². The van der Waals surface area contributed by atoms with Gasteiger partial charge in [-0.15, -0.1) is 6.58 Å². The minimum atomic E-state index is -0.140. The van der Waals surface area contributed by atoms with Crippen molar-refractivity contribution in [3.8, 4) is 5.75 Å². The molecule has 1 rings (SSSR count). The first-order valence-electron chi connectivity index (χ1n) is 5.08. The highest BCUT2D eigenvalue weighted by Crippen LogP contribution is 2.12. The van der Waals surface area contributed by atoms with Crippen LogP contribution in [0.5, 0.6) is 5.75 Å². The standard InChI is InChI=1S/C12H16N2O2/c1-2-3-8-14-12(15)9-16-11-6-4-10(13)5-7-11/h2,4-7H,1,3,8-9,13H2,(H,14,15). The summed E-state index contributed by atoms with van der Waals surface area (Å²) in [5.41, 5.74) is 6.19. The maximum Gasteiger partial charge on any atom is 0.257 e. The molecule has 3 N–H and O–H groups in total. The number of carbonyl (C=O) groups is 1. The molecule has 4 heteroatoms. The lowest BCUT2D eigenvalue weighted by Crippen LogP contribution is -2.29. The number of rotatable bonds is 6. The van der Waals surface area contributed by atoms with Crippen LogP contribution in [-0.2, 0) is 4.79 Å². The molecule has 16 heavy (non-hydrogen) atoms. The maximum absolute atomic E-state index is 11.3. The molecule has 0 fully saturated rings. The number of anilines is 1. The first-order valence-corrected chi connectivity index (χ1v) is 5.08. The molecule has 0 aromatic heterocycles. The summed E-state index contributed by atoms with van der Waals surface area (Å²) in [5.74, 6) is 0.492. The van der Waals surface area contributed by atoms with E-state index in [-0.39, 0.29) is 12.5 Å². The number of hydrogen-bond donors (Lipinski definition) is 2. The number of ether oxygens (including phenoxy) is 1. The highest BCUT2D eigenvalue weighted by atomic mass is 16.5. The van der Waals surface area contributed by atoms with Gasteiger partial charge >= 0.3 is 0 Å². The molecule has 0 aliphatic rings. The summed E-state index contributed by atoms with van der Waals surface area (Å²) in [6.45, 7) is 4.17. The van der Waals surface area contributed by atoms with Crippen LogP contribution in [-0.4, -0.2) is 19.1 Å². The lowest BCUT2D eigenvalue weighted by molar-refractivity contribution is -0.123. The molecule has 0 aliphatic carbocycles. The van der Waals surface area contributed by atoms with Crippen molar-refractivity contribution >= 4 is 11.6 Å². The molecule has 0 saturated carbocycles. The number of nitrogen functional groups attached to an aromatic ring is 1. The van der Waals surface area contributed by atoms with Gasteiger partial charge in [0.1, 0.15) is 5.75 Å². The molecule has 0 bridgehead atoms. The number of nitrogens with one attached hydrogen (secondary N) is 1. The van der Waals surface area contributed by atoms with Gasteiger partial charge in [0, 0.05) is 12.2 Å². The second-order valence-corrected chi connectivity index (χ2v) is 3.29. The van der Waals surface area contributed by atoms with Crippen LogP contribution in [0.25, 0.3) is 0 Å². The van der Waals surface area contributed by atoms with Crippen LogP contribution < -0.4 is 15.8 Å². The van der Waals surface area contributed by atoms with Crippen LogP contribution in [0.1, 0.15) is 6.42 Å². The van der Waals surface area contributed by atoms with Gasteiger partial charge in [0.05, 0.1) is 0 Å². The van der Waals surface area contributed by atoms with E-state index in [0.717, 1.165) is 6.42 Å². The monoisotopic (exact) mass is 220 g/mol. The van der Waals surface area contributed by atoms with Crippen molar-refractivity contribution in [2.45, 2.75) is 6.42 Å². The zero-order chi connectivity index (χ0) is 11.8. The van der Waals surface area contributed by atoms with Crippen LogP contribution in [0, 0.1) is 0 Å². The predicted octanol–water partition coefficient (Wildman–Crippen LogP) is 1.34. The van der Waals surface area contributed by atoms with E-state index in [1.54, 1.807) is 30.3 Å². The lowest BCUT2D eigenvalue weighted by atomic mass is 10.3. The third kappa shape index (κ3) is 4.50. The summed E-state index contributed by atoms with van der Waals surface area (Å²) in [5, 5.41) is 2.71. The number of carbonyl (C=O) groups excluding carboxylic acids is 1. The van der Waals surface area contributed by atoms with Gasteiger partial charge in [-0.05, 0) is 30.7 Å². The number of amides is 1. The summed E-state index contributed by atoms with van der Waals surface area (Å²) >= 11 is 0. The Morgan fingerprint density at radius 2 is 2.12 bits per heavy atom. The fourth-order valence-electron chi connectivity index (χ4n) is 1.08. The second-order valence-electron chi connectivity index (χ2n) is 3.29. The molecule has 1 amide bonds. The zero-order valence-electron chi connectivity index (χ0n) is 9.11. The number of hydrogen-bond acceptors (Lipinski definition) is 3. The van der Waals surface area contributed by atoms with Crippen LogP contribution >= 0.6 is 0 Å². The Kier molecular flexibility index (Phi) is 4.92. The average Bonchev–Trinajstić information content (AvgIpc) is 2.29. The molecule has 0 saturated heterocycles. The summed E-state index contributed by atoms with van der Waals surface area (Å²) in [6, 6.07) is 6.91. The minimum absolute atomic E-state index is 0.0149. The molecule has 0 radical (unpaired) electrons. The summed E-state index contributed by atoms with van der Waals surface area (Å²) in [6.07, 6.45) is 2.51. The molecule has 0 heterocycles. The van der Waals surface area contributed by atoms with Gasteiger partial charge in [0.25, 0.3) is 5.91 Å². The largest absolute Gasteiger partial charge is 0.484 e. The molecular formula is C12H16N2O2.